The standard InChI is InChI=1S/C5H12N4/c6-9-4-8-5-1-2-7-3-5/h4-5,7H,1-3,6H2,(H,8,9). The van der Waals surface area contributed by atoms with Gasteiger partial charge in [0, 0.05) is 6.54 Å². The molecule has 52 valence electrons. The molecule has 0 amide bonds. The summed E-state index contributed by atoms with van der Waals surface area (Å²) in [6, 6.07) is 0.432. The molecule has 0 aromatic carbocycles. The second kappa shape index (κ2) is 3.42. The highest BCUT2D eigenvalue weighted by Gasteiger charge is 2.10. The van der Waals surface area contributed by atoms with Crippen molar-refractivity contribution in [2.45, 2.75) is 12.5 Å². The van der Waals surface area contributed by atoms with Crippen LogP contribution in [0.15, 0.2) is 4.99 Å². The first-order chi connectivity index (χ1) is 4.43. The number of hydrazine groups is 1. The molecule has 0 bridgehead atoms. The van der Waals surface area contributed by atoms with Gasteiger partial charge < -0.3 is 10.7 Å². The Balaban J connectivity index is 2.18. The SMILES string of the molecule is NNC=NC1CCNC1. The van der Waals surface area contributed by atoms with Gasteiger partial charge in [0.15, 0.2) is 0 Å². The minimum Gasteiger partial charge on any atom is -0.315 e. The Kier molecular flexibility index (Phi) is 2.48. The van der Waals surface area contributed by atoms with Crippen LogP contribution in [0, 0.1) is 0 Å². The third-order valence-electron chi connectivity index (χ3n) is 1.39. The molecular weight excluding hydrogens is 116 g/mol. The molecule has 0 aromatic rings. The van der Waals surface area contributed by atoms with Gasteiger partial charge in [-0.25, -0.2) is 5.84 Å². The van der Waals surface area contributed by atoms with Crippen LogP contribution in [0.1, 0.15) is 6.42 Å². The van der Waals surface area contributed by atoms with Crippen LogP contribution in [0.25, 0.3) is 0 Å². The zero-order valence-corrected chi connectivity index (χ0v) is 5.30. The van der Waals surface area contributed by atoms with Gasteiger partial charge in [-0.1, -0.05) is 0 Å². The molecule has 4 nitrogen and oxygen atoms in total. The lowest BCUT2D eigenvalue weighted by atomic mass is 10.3. The maximum atomic E-state index is 4.99. The fourth-order valence-corrected chi connectivity index (χ4v) is 0.915. The summed E-state index contributed by atoms with van der Waals surface area (Å²) >= 11 is 0. The molecule has 1 atom stereocenters. The van der Waals surface area contributed by atoms with E-state index in [1.807, 2.05) is 0 Å². The Labute approximate surface area is 54.5 Å². The molecule has 4 heteroatoms. The van der Waals surface area contributed by atoms with Crippen molar-refractivity contribution in [3.05, 3.63) is 0 Å². The Hall–Kier alpha value is -0.610. The minimum absolute atomic E-state index is 0.432. The largest absolute Gasteiger partial charge is 0.315 e. The summed E-state index contributed by atoms with van der Waals surface area (Å²) in [6.45, 7) is 2.06. The highest BCUT2D eigenvalue weighted by molar-refractivity contribution is 5.53. The molecule has 0 aromatic heterocycles. The Morgan fingerprint density at radius 1 is 1.78 bits per heavy atom. The number of nitrogens with two attached hydrogens (primary N) is 1. The summed E-state index contributed by atoms with van der Waals surface area (Å²) in [7, 11) is 0. The van der Waals surface area contributed by atoms with Crippen molar-refractivity contribution in [3.8, 4) is 0 Å². The Morgan fingerprint density at radius 2 is 2.67 bits per heavy atom. The van der Waals surface area contributed by atoms with E-state index in [2.05, 4.69) is 15.7 Å². The van der Waals surface area contributed by atoms with Crippen molar-refractivity contribution in [1.29, 1.82) is 0 Å². The molecule has 0 aliphatic carbocycles. The average Bonchev–Trinajstić information content (AvgIpc) is 2.34. The molecule has 0 saturated carbocycles. The van der Waals surface area contributed by atoms with Crippen LogP contribution in [0.2, 0.25) is 0 Å². The molecule has 4 N–H and O–H groups in total. The van der Waals surface area contributed by atoms with Crippen LogP contribution in [-0.2, 0) is 0 Å². The van der Waals surface area contributed by atoms with Crippen molar-refractivity contribution in [3.63, 3.8) is 0 Å². The lowest BCUT2D eigenvalue weighted by molar-refractivity contribution is 0.742. The molecule has 1 rings (SSSR count). The van der Waals surface area contributed by atoms with E-state index in [4.69, 9.17) is 5.84 Å². The first kappa shape index (κ1) is 6.51. The maximum Gasteiger partial charge on any atom is 0.0968 e. The number of aliphatic imine (C=N–C) groups is 1. The smallest absolute Gasteiger partial charge is 0.0968 e. The lowest BCUT2D eigenvalue weighted by Gasteiger charge is -1.97. The topological polar surface area (TPSA) is 62.4 Å². The molecular formula is C5H12N4. The van der Waals surface area contributed by atoms with Gasteiger partial charge in [0.25, 0.3) is 0 Å². The molecule has 1 fully saturated rings. The normalized spacial score (nSPS) is 27.4. The Morgan fingerprint density at radius 3 is 3.22 bits per heavy atom. The maximum absolute atomic E-state index is 4.99. The van der Waals surface area contributed by atoms with E-state index in [1.165, 1.54) is 6.34 Å². The molecule has 9 heavy (non-hydrogen) atoms. The average molecular weight is 128 g/mol. The third-order valence-corrected chi connectivity index (χ3v) is 1.39. The first-order valence-electron chi connectivity index (χ1n) is 3.12. The molecule has 1 aliphatic heterocycles. The summed E-state index contributed by atoms with van der Waals surface area (Å²) in [5.74, 6) is 4.99. The van der Waals surface area contributed by atoms with E-state index in [-0.39, 0.29) is 0 Å². The van der Waals surface area contributed by atoms with E-state index >= 15 is 0 Å². The van der Waals surface area contributed by atoms with Crippen molar-refractivity contribution in [2.75, 3.05) is 13.1 Å². The summed E-state index contributed by atoms with van der Waals surface area (Å²) in [5.41, 5.74) is 2.38. The zero-order chi connectivity index (χ0) is 6.53. The quantitative estimate of drug-likeness (QED) is 0.190. The fraction of sp³-hybridized carbons (Fsp3) is 0.800. The summed E-state index contributed by atoms with van der Waals surface area (Å²) < 4.78 is 0. The van der Waals surface area contributed by atoms with E-state index < -0.39 is 0 Å². The van der Waals surface area contributed by atoms with Crippen LogP contribution in [0.4, 0.5) is 0 Å². The second-order valence-electron chi connectivity index (χ2n) is 2.09. The van der Waals surface area contributed by atoms with Crippen molar-refractivity contribution >= 4 is 6.34 Å². The van der Waals surface area contributed by atoms with Crippen LogP contribution in [0.3, 0.4) is 0 Å². The highest BCUT2D eigenvalue weighted by Crippen LogP contribution is 2.00. The number of nitrogens with one attached hydrogen (secondary N) is 2. The van der Waals surface area contributed by atoms with Gasteiger partial charge in [-0.2, -0.15) is 0 Å². The van der Waals surface area contributed by atoms with Crippen LogP contribution < -0.4 is 16.6 Å². The van der Waals surface area contributed by atoms with Gasteiger partial charge in [0.2, 0.25) is 0 Å². The van der Waals surface area contributed by atoms with E-state index in [0.29, 0.717) is 6.04 Å². The number of rotatable bonds is 2. The third kappa shape index (κ3) is 1.99. The number of hydrogen-bond donors (Lipinski definition) is 3. The summed E-state index contributed by atoms with van der Waals surface area (Å²) in [6.07, 6.45) is 2.66. The van der Waals surface area contributed by atoms with E-state index in [1.54, 1.807) is 0 Å². The number of nitrogens with zero attached hydrogens (tertiary/aromatic N) is 1. The van der Waals surface area contributed by atoms with Gasteiger partial charge in [-0.3, -0.25) is 4.99 Å². The van der Waals surface area contributed by atoms with E-state index in [0.717, 1.165) is 19.5 Å². The fourth-order valence-electron chi connectivity index (χ4n) is 0.915. The van der Waals surface area contributed by atoms with Gasteiger partial charge >= 0.3 is 0 Å². The minimum atomic E-state index is 0.432. The van der Waals surface area contributed by atoms with Crippen molar-refractivity contribution in [2.24, 2.45) is 10.8 Å². The van der Waals surface area contributed by atoms with Crippen molar-refractivity contribution in [1.82, 2.24) is 10.7 Å². The molecule has 1 unspecified atom stereocenters. The van der Waals surface area contributed by atoms with Crippen LogP contribution >= 0.6 is 0 Å². The molecule has 1 aliphatic rings. The summed E-state index contributed by atoms with van der Waals surface area (Å²) in [5, 5.41) is 3.20. The highest BCUT2D eigenvalue weighted by atomic mass is 15.2. The van der Waals surface area contributed by atoms with Gasteiger partial charge in [0.05, 0.1) is 12.4 Å². The van der Waals surface area contributed by atoms with Gasteiger partial charge in [0.1, 0.15) is 0 Å². The van der Waals surface area contributed by atoms with Gasteiger partial charge in [-0.05, 0) is 13.0 Å². The molecule has 0 radical (unpaired) electrons. The predicted octanol–water partition coefficient (Wildman–Crippen LogP) is -1.16. The number of hydrogen-bond acceptors (Lipinski definition) is 3. The van der Waals surface area contributed by atoms with Crippen LogP contribution in [0.5, 0.6) is 0 Å². The van der Waals surface area contributed by atoms with Crippen LogP contribution in [-0.4, -0.2) is 25.5 Å². The summed E-state index contributed by atoms with van der Waals surface area (Å²) in [4.78, 5) is 4.12. The van der Waals surface area contributed by atoms with Gasteiger partial charge in [-0.15, -0.1) is 0 Å². The molecule has 1 heterocycles. The molecule has 0 spiro atoms. The zero-order valence-electron chi connectivity index (χ0n) is 5.30. The monoisotopic (exact) mass is 128 g/mol. The molecule has 1 saturated heterocycles. The van der Waals surface area contributed by atoms with E-state index in [9.17, 15) is 0 Å². The van der Waals surface area contributed by atoms with Crippen molar-refractivity contribution < 1.29 is 0 Å². The second-order valence-corrected chi connectivity index (χ2v) is 2.09. The predicted molar refractivity (Wildman–Crippen MR) is 37.1 cm³/mol. The Bertz CT molecular complexity index is 95.1. The lowest BCUT2D eigenvalue weighted by Crippen LogP contribution is -2.21. The first-order valence-corrected chi connectivity index (χ1v) is 3.12.